The quantitative estimate of drug-likeness (QED) is 0.0323. The molecule has 0 radical (unpaired) electrons. The van der Waals surface area contributed by atoms with Crippen LogP contribution in [0.2, 0.25) is 0 Å². The zero-order valence-electron chi connectivity index (χ0n) is 39.2. The minimum absolute atomic E-state index is 0.0823. The molecule has 1 amide bonds. The first kappa shape index (κ1) is 56.6. The Kier molecular flexibility index (Phi) is 45.5. The van der Waals surface area contributed by atoms with E-state index in [9.17, 15) is 19.8 Å². The topological polar surface area (TPSA) is 95.9 Å². The van der Waals surface area contributed by atoms with Crippen molar-refractivity contribution in [2.24, 2.45) is 0 Å². The summed E-state index contributed by atoms with van der Waals surface area (Å²) in [4.78, 5) is 26.1. The lowest BCUT2D eigenvalue weighted by atomic mass is 10.0. The minimum Gasteiger partial charge on any atom is -0.462 e. The molecule has 3 atom stereocenters. The molecule has 6 heteroatoms. The Balaban J connectivity index is 4.42. The van der Waals surface area contributed by atoms with Crippen molar-refractivity contribution in [3.63, 3.8) is 0 Å². The van der Waals surface area contributed by atoms with Crippen LogP contribution in [0.1, 0.15) is 284 Å². The summed E-state index contributed by atoms with van der Waals surface area (Å²) >= 11 is 0. The second-order valence-corrected chi connectivity index (χ2v) is 17.9. The molecule has 0 heterocycles. The maximum atomic E-state index is 13.2. The SMILES string of the molecule is CCCCCC/C=C\CCCCCCCCCC(=O)OC(CCCCCCCCCCC)CC(=O)NC(CO)C(O)CCCCCCCCCCCCCCCCC. The highest BCUT2D eigenvalue weighted by Crippen LogP contribution is 2.18. The summed E-state index contributed by atoms with van der Waals surface area (Å²) in [7, 11) is 0. The van der Waals surface area contributed by atoms with Crippen molar-refractivity contribution in [2.45, 2.75) is 302 Å². The number of hydrogen-bond donors (Lipinski definition) is 3. The minimum atomic E-state index is -0.781. The zero-order chi connectivity index (χ0) is 42.4. The number of aliphatic hydroxyl groups is 2. The summed E-state index contributed by atoms with van der Waals surface area (Å²) in [6.07, 6.45) is 51.3. The monoisotopic (exact) mass is 820 g/mol. The first-order valence-corrected chi connectivity index (χ1v) is 25.9. The molecule has 0 bridgehead atoms. The van der Waals surface area contributed by atoms with Crippen molar-refractivity contribution >= 4 is 11.9 Å². The molecule has 0 aromatic carbocycles. The van der Waals surface area contributed by atoms with Crippen LogP contribution in [0.4, 0.5) is 0 Å². The second kappa shape index (κ2) is 46.7. The molecule has 3 N–H and O–H groups in total. The molecule has 0 aromatic heterocycles. The molecule has 6 nitrogen and oxygen atoms in total. The van der Waals surface area contributed by atoms with Gasteiger partial charge >= 0.3 is 5.97 Å². The van der Waals surface area contributed by atoms with Crippen LogP contribution in [0.3, 0.4) is 0 Å². The zero-order valence-corrected chi connectivity index (χ0v) is 39.2. The molecule has 0 saturated heterocycles. The molecular weight excluding hydrogens is 719 g/mol. The molecule has 58 heavy (non-hydrogen) atoms. The van der Waals surface area contributed by atoms with Gasteiger partial charge in [-0.25, -0.2) is 0 Å². The molecule has 0 aliphatic carbocycles. The number of hydrogen-bond acceptors (Lipinski definition) is 5. The van der Waals surface area contributed by atoms with Crippen molar-refractivity contribution in [1.82, 2.24) is 5.32 Å². The lowest BCUT2D eigenvalue weighted by Crippen LogP contribution is -2.46. The molecular formula is C52H101NO5. The molecule has 0 saturated carbocycles. The maximum absolute atomic E-state index is 13.2. The molecule has 344 valence electrons. The lowest BCUT2D eigenvalue weighted by Gasteiger charge is -2.24. The molecule has 0 aromatic rings. The first-order chi connectivity index (χ1) is 28.5. The summed E-state index contributed by atoms with van der Waals surface area (Å²) in [5, 5.41) is 23.7. The van der Waals surface area contributed by atoms with Crippen LogP contribution in [-0.4, -0.2) is 46.9 Å². The fraction of sp³-hybridized carbons (Fsp3) is 0.923. The molecule has 0 fully saturated rings. The van der Waals surface area contributed by atoms with Crippen LogP contribution >= 0.6 is 0 Å². The van der Waals surface area contributed by atoms with Crippen molar-refractivity contribution in [3.8, 4) is 0 Å². The maximum Gasteiger partial charge on any atom is 0.306 e. The average molecular weight is 820 g/mol. The normalized spacial score (nSPS) is 13.3. The largest absolute Gasteiger partial charge is 0.462 e. The summed E-state index contributed by atoms with van der Waals surface area (Å²) in [6, 6.07) is -0.694. The van der Waals surface area contributed by atoms with Gasteiger partial charge in [0.1, 0.15) is 6.10 Å². The highest BCUT2D eigenvalue weighted by Gasteiger charge is 2.24. The fourth-order valence-corrected chi connectivity index (χ4v) is 8.13. The number of esters is 1. The van der Waals surface area contributed by atoms with Crippen LogP contribution in [0.15, 0.2) is 12.2 Å². The standard InChI is InChI=1S/C52H101NO5/c1-4-7-10-13-16-19-21-23-25-27-29-32-35-38-41-44-50(55)49(47-54)53-51(56)46-48(43-40-37-34-31-18-15-12-9-6-3)58-52(57)45-42-39-36-33-30-28-26-24-22-20-17-14-11-8-5-2/h20,22,48-50,54-55H,4-19,21,23-47H2,1-3H3,(H,53,56)/b22-20-. The van der Waals surface area contributed by atoms with E-state index in [1.54, 1.807) is 0 Å². The van der Waals surface area contributed by atoms with Crippen molar-refractivity contribution in [2.75, 3.05) is 6.61 Å². The Morgan fingerprint density at radius 1 is 0.483 bits per heavy atom. The predicted molar refractivity (Wildman–Crippen MR) is 250 cm³/mol. The number of carbonyl (C=O) groups is 2. The fourth-order valence-electron chi connectivity index (χ4n) is 8.13. The Labute approximate surface area is 361 Å². The Hall–Kier alpha value is -1.40. The van der Waals surface area contributed by atoms with Gasteiger partial charge in [0, 0.05) is 6.42 Å². The van der Waals surface area contributed by atoms with Gasteiger partial charge in [0.05, 0.1) is 25.2 Å². The molecule has 0 rings (SSSR count). The van der Waals surface area contributed by atoms with Gasteiger partial charge in [-0.15, -0.1) is 0 Å². The number of carbonyl (C=O) groups excluding carboxylic acids is 2. The molecule has 0 aliphatic rings. The van der Waals surface area contributed by atoms with Gasteiger partial charge in [0.2, 0.25) is 5.91 Å². The van der Waals surface area contributed by atoms with Gasteiger partial charge in [0.25, 0.3) is 0 Å². The van der Waals surface area contributed by atoms with Crippen LogP contribution in [0, 0.1) is 0 Å². The van der Waals surface area contributed by atoms with Gasteiger partial charge in [-0.1, -0.05) is 232 Å². The van der Waals surface area contributed by atoms with Gasteiger partial charge < -0.3 is 20.3 Å². The van der Waals surface area contributed by atoms with E-state index >= 15 is 0 Å². The van der Waals surface area contributed by atoms with Gasteiger partial charge in [-0.05, 0) is 51.4 Å². The Bertz CT molecular complexity index is 878. The van der Waals surface area contributed by atoms with Crippen LogP contribution in [0.25, 0.3) is 0 Å². The smallest absolute Gasteiger partial charge is 0.306 e. The van der Waals surface area contributed by atoms with E-state index in [-0.39, 0.29) is 24.9 Å². The summed E-state index contributed by atoms with van der Waals surface area (Å²) in [5.74, 6) is -0.465. The van der Waals surface area contributed by atoms with Crippen LogP contribution in [-0.2, 0) is 14.3 Å². The van der Waals surface area contributed by atoms with Crippen molar-refractivity contribution in [1.29, 1.82) is 0 Å². The van der Waals surface area contributed by atoms with E-state index in [2.05, 4.69) is 38.2 Å². The average Bonchev–Trinajstić information content (AvgIpc) is 3.22. The number of amides is 1. The summed E-state index contributed by atoms with van der Waals surface area (Å²) in [5.41, 5.74) is 0. The molecule has 0 spiro atoms. The van der Waals surface area contributed by atoms with Gasteiger partial charge in [-0.2, -0.15) is 0 Å². The summed E-state index contributed by atoms with van der Waals surface area (Å²) < 4.78 is 5.92. The highest BCUT2D eigenvalue weighted by molar-refractivity contribution is 5.77. The third-order valence-corrected chi connectivity index (χ3v) is 12.1. The number of aliphatic hydroxyl groups excluding tert-OH is 2. The number of nitrogens with one attached hydrogen (secondary N) is 1. The first-order valence-electron chi connectivity index (χ1n) is 25.9. The van der Waals surface area contributed by atoms with E-state index < -0.39 is 18.2 Å². The Morgan fingerprint density at radius 3 is 1.24 bits per heavy atom. The van der Waals surface area contributed by atoms with E-state index in [1.807, 2.05) is 0 Å². The van der Waals surface area contributed by atoms with Crippen molar-refractivity contribution in [3.05, 3.63) is 12.2 Å². The van der Waals surface area contributed by atoms with Crippen molar-refractivity contribution < 1.29 is 24.5 Å². The molecule has 0 aliphatic heterocycles. The lowest BCUT2D eigenvalue weighted by molar-refractivity contribution is -0.151. The number of allylic oxidation sites excluding steroid dienone is 2. The third-order valence-electron chi connectivity index (χ3n) is 12.1. The van der Waals surface area contributed by atoms with Crippen LogP contribution < -0.4 is 5.32 Å². The number of ether oxygens (including phenoxy) is 1. The Morgan fingerprint density at radius 2 is 0.828 bits per heavy atom. The van der Waals surface area contributed by atoms with Gasteiger partial charge in [0.15, 0.2) is 0 Å². The van der Waals surface area contributed by atoms with E-state index in [4.69, 9.17) is 4.74 Å². The van der Waals surface area contributed by atoms with Crippen LogP contribution in [0.5, 0.6) is 0 Å². The number of unbranched alkanes of at least 4 members (excludes halogenated alkanes) is 33. The highest BCUT2D eigenvalue weighted by atomic mass is 16.5. The van der Waals surface area contributed by atoms with E-state index in [0.29, 0.717) is 19.3 Å². The second-order valence-electron chi connectivity index (χ2n) is 17.9. The summed E-state index contributed by atoms with van der Waals surface area (Å²) in [6.45, 7) is 6.48. The van der Waals surface area contributed by atoms with E-state index in [0.717, 1.165) is 44.9 Å². The third kappa shape index (κ3) is 41.3. The van der Waals surface area contributed by atoms with E-state index in [1.165, 1.54) is 193 Å². The predicted octanol–water partition coefficient (Wildman–Crippen LogP) is 15.3. The van der Waals surface area contributed by atoms with Gasteiger partial charge in [-0.3, -0.25) is 9.59 Å². The molecule has 3 unspecified atom stereocenters. The number of rotatable bonds is 47.